The summed E-state index contributed by atoms with van der Waals surface area (Å²) in [5.74, 6) is 0.292. The zero-order chi connectivity index (χ0) is 10.9. The lowest BCUT2D eigenvalue weighted by molar-refractivity contribution is -0.143. The molecule has 1 amide bonds. The Morgan fingerprint density at radius 3 is 2.60 bits per heavy atom. The molecular weight excluding hydrogens is 188 g/mol. The average molecular weight is 210 g/mol. The quantitative estimate of drug-likeness (QED) is 0.712. The van der Waals surface area contributed by atoms with Crippen LogP contribution in [-0.2, 0) is 4.79 Å². The van der Waals surface area contributed by atoms with Crippen molar-refractivity contribution in [1.29, 1.82) is 0 Å². The van der Waals surface area contributed by atoms with Crippen molar-refractivity contribution in [2.45, 2.75) is 57.5 Å². The molecule has 1 saturated carbocycles. The van der Waals surface area contributed by atoms with Crippen LogP contribution < -0.4 is 5.32 Å². The predicted octanol–water partition coefficient (Wildman–Crippen LogP) is 1.53. The number of amides is 1. The van der Waals surface area contributed by atoms with Gasteiger partial charge in [-0.05, 0) is 26.7 Å². The number of carbonyl (C=O) groups is 1. The van der Waals surface area contributed by atoms with Crippen LogP contribution >= 0.6 is 0 Å². The molecule has 0 atom stereocenters. The summed E-state index contributed by atoms with van der Waals surface area (Å²) in [6.45, 7) is 5.82. The second-order valence-electron chi connectivity index (χ2n) is 5.34. The standard InChI is InChI=1S/C12H22N2O/c1-12(2)11(15)14(9-8-13-12)10-6-4-3-5-7-10/h10,13H,3-9H2,1-2H3. The van der Waals surface area contributed by atoms with E-state index < -0.39 is 0 Å². The number of rotatable bonds is 1. The van der Waals surface area contributed by atoms with Crippen LogP contribution in [-0.4, -0.2) is 35.5 Å². The second kappa shape index (κ2) is 4.12. The summed E-state index contributed by atoms with van der Waals surface area (Å²) in [5, 5.41) is 3.29. The predicted molar refractivity (Wildman–Crippen MR) is 60.7 cm³/mol. The lowest BCUT2D eigenvalue weighted by Gasteiger charge is -2.43. The Hall–Kier alpha value is -0.570. The third-order valence-electron chi connectivity index (χ3n) is 3.73. The molecule has 0 aromatic rings. The summed E-state index contributed by atoms with van der Waals surface area (Å²) in [5.41, 5.74) is -0.351. The van der Waals surface area contributed by atoms with E-state index >= 15 is 0 Å². The van der Waals surface area contributed by atoms with Gasteiger partial charge in [-0.15, -0.1) is 0 Å². The van der Waals surface area contributed by atoms with Crippen molar-refractivity contribution in [2.75, 3.05) is 13.1 Å². The van der Waals surface area contributed by atoms with Crippen molar-refractivity contribution in [3.63, 3.8) is 0 Å². The molecule has 1 aliphatic heterocycles. The van der Waals surface area contributed by atoms with Crippen molar-refractivity contribution < 1.29 is 4.79 Å². The van der Waals surface area contributed by atoms with E-state index in [1.807, 2.05) is 13.8 Å². The van der Waals surface area contributed by atoms with E-state index in [9.17, 15) is 4.79 Å². The van der Waals surface area contributed by atoms with Gasteiger partial charge in [-0.25, -0.2) is 0 Å². The molecule has 1 heterocycles. The van der Waals surface area contributed by atoms with E-state index in [1.54, 1.807) is 0 Å². The average Bonchev–Trinajstić information content (AvgIpc) is 2.23. The maximum atomic E-state index is 12.2. The van der Waals surface area contributed by atoms with Crippen LogP contribution in [0, 0.1) is 0 Å². The molecule has 0 bridgehead atoms. The molecule has 3 heteroatoms. The molecule has 86 valence electrons. The minimum Gasteiger partial charge on any atom is -0.337 e. The highest BCUT2D eigenvalue weighted by atomic mass is 16.2. The first-order valence-corrected chi connectivity index (χ1v) is 6.17. The van der Waals surface area contributed by atoms with Gasteiger partial charge in [0.2, 0.25) is 5.91 Å². The highest BCUT2D eigenvalue weighted by molar-refractivity contribution is 5.86. The van der Waals surface area contributed by atoms with E-state index in [1.165, 1.54) is 32.1 Å². The maximum Gasteiger partial charge on any atom is 0.242 e. The van der Waals surface area contributed by atoms with Crippen LogP contribution in [0.2, 0.25) is 0 Å². The number of carbonyl (C=O) groups excluding carboxylic acids is 1. The lowest BCUT2D eigenvalue weighted by Crippen LogP contribution is -2.63. The minimum absolute atomic E-state index is 0.292. The van der Waals surface area contributed by atoms with Gasteiger partial charge in [0.15, 0.2) is 0 Å². The molecule has 3 nitrogen and oxygen atoms in total. The SMILES string of the molecule is CC1(C)NCCN(C2CCCCC2)C1=O. The number of hydrogen-bond acceptors (Lipinski definition) is 2. The summed E-state index contributed by atoms with van der Waals surface area (Å²) >= 11 is 0. The Labute approximate surface area is 92.2 Å². The van der Waals surface area contributed by atoms with Gasteiger partial charge in [-0.1, -0.05) is 19.3 Å². The smallest absolute Gasteiger partial charge is 0.242 e. The highest BCUT2D eigenvalue weighted by Crippen LogP contribution is 2.25. The van der Waals surface area contributed by atoms with Crippen molar-refractivity contribution in [1.82, 2.24) is 10.2 Å². The van der Waals surface area contributed by atoms with Gasteiger partial charge in [-0.3, -0.25) is 4.79 Å². The Kier molecular flexibility index (Phi) is 3.01. The van der Waals surface area contributed by atoms with Gasteiger partial charge in [0.05, 0.1) is 5.54 Å². The summed E-state index contributed by atoms with van der Waals surface area (Å²) in [4.78, 5) is 14.3. The summed E-state index contributed by atoms with van der Waals surface area (Å²) in [6, 6.07) is 0.521. The van der Waals surface area contributed by atoms with E-state index in [0.29, 0.717) is 11.9 Å². The van der Waals surface area contributed by atoms with Crippen LogP contribution in [0.25, 0.3) is 0 Å². The molecule has 2 fully saturated rings. The molecule has 15 heavy (non-hydrogen) atoms. The molecule has 0 aromatic heterocycles. The molecule has 0 radical (unpaired) electrons. The molecule has 0 unspecified atom stereocenters. The van der Waals surface area contributed by atoms with E-state index in [0.717, 1.165) is 13.1 Å². The van der Waals surface area contributed by atoms with Crippen LogP contribution in [0.15, 0.2) is 0 Å². The molecule has 2 rings (SSSR count). The maximum absolute atomic E-state index is 12.2. The fourth-order valence-electron chi connectivity index (χ4n) is 2.77. The van der Waals surface area contributed by atoms with Crippen LogP contribution in [0.5, 0.6) is 0 Å². The normalized spacial score (nSPS) is 28.1. The Morgan fingerprint density at radius 2 is 1.93 bits per heavy atom. The van der Waals surface area contributed by atoms with Crippen molar-refractivity contribution in [2.24, 2.45) is 0 Å². The van der Waals surface area contributed by atoms with Crippen molar-refractivity contribution in [3.8, 4) is 0 Å². The summed E-state index contributed by atoms with van der Waals surface area (Å²) in [7, 11) is 0. The third-order valence-corrected chi connectivity index (χ3v) is 3.73. The lowest BCUT2D eigenvalue weighted by atomic mass is 9.91. The fraction of sp³-hybridized carbons (Fsp3) is 0.917. The van der Waals surface area contributed by atoms with Crippen molar-refractivity contribution >= 4 is 5.91 Å². The van der Waals surface area contributed by atoms with Gasteiger partial charge in [-0.2, -0.15) is 0 Å². The van der Waals surface area contributed by atoms with Gasteiger partial charge in [0.25, 0.3) is 0 Å². The summed E-state index contributed by atoms with van der Waals surface area (Å²) < 4.78 is 0. The zero-order valence-electron chi connectivity index (χ0n) is 9.88. The first-order valence-electron chi connectivity index (χ1n) is 6.17. The van der Waals surface area contributed by atoms with Crippen LogP contribution in [0.1, 0.15) is 46.0 Å². The molecule has 1 N–H and O–H groups in total. The first-order chi connectivity index (χ1) is 7.11. The zero-order valence-corrected chi connectivity index (χ0v) is 9.88. The number of piperazine rings is 1. The Bertz CT molecular complexity index is 244. The van der Waals surface area contributed by atoms with Crippen molar-refractivity contribution in [3.05, 3.63) is 0 Å². The first kappa shape index (κ1) is 10.9. The summed E-state index contributed by atoms with van der Waals surface area (Å²) in [6.07, 6.45) is 6.36. The number of nitrogens with zero attached hydrogens (tertiary/aromatic N) is 1. The molecular formula is C12H22N2O. The largest absolute Gasteiger partial charge is 0.337 e. The van der Waals surface area contributed by atoms with Crippen LogP contribution in [0.4, 0.5) is 0 Å². The van der Waals surface area contributed by atoms with Gasteiger partial charge in [0, 0.05) is 19.1 Å². The van der Waals surface area contributed by atoms with Gasteiger partial charge < -0.3 is 10.2 Å². The van der Waals surface area contributed by atoms with E-state index in [-0.39, 0.29) is 5.54 Å². The Balaban J connectivity index is 2.04. The third kappa shape index (κ3) is 2.17. The fourth-order valence-corrected chi connectivity index (χ4v) is 2.77. The molecule has 1 aliphatic carbocycles. The van der Waals surface area contributed by atoms with E-state index in [2.05, 4.69) is 10.2 Å². The molecule has 1 saturated heterocycles. The van der Waals surface area contributed by atoms with E-state index in [4.69, 9.17) is 0 Å². The van der Waals surface area contributed by atoms with Crippen LogP contribution in [0.3, 0.4) is 0 Å². The molecule has 0 aromatic carbocycles. The monoisotopic (exact) mass is 210 g/mol. The Morgan fingerprint density at radius 1 is 1.27 bits per heavy atom. The number of hydrogen-bond donors (Lipinski definition) is 1. The van der Waals surface area contributed by atoms with Gasteiger partial charge >= 0.3 is 0 Å². The second-order valence-corrected chi connectivity index (χ2v) is 5.34. The highest BCUT2D eigenvalue weighted by Gasteiger charge is 2.38. The van der Waals surface area contributed by atoms with Gasteiger partial charge in [0.1, 0.15) is 0 Å². The number of nitrogens with one attached hydrogen (secondary N) is 1. The molecule has 0 spiro atoms. The molecule has 2 aliphatic rings. The minimum atomic E-state index is -0.351. The topological polar surface area (TPSA) is 32.3 Å².